The normalized spacial score (nSPS) is 17.4. The standard InChI is InChI=1S/C25H23NO9/c1-12-7-17-21(25(28)34-12)20(13-8-18(29-2)22(31-4)19(9-13)30-3)23(35-17)24(27)26-14-5-6-15-16(10-14)33-11-32-15/h5-10,20,23H,11H2,1-4H3,(H,26,27)/t20-,23+/m1/s1. The van der Waals surface area contributed by atoms with Crippen LogP contribution in [-0.4, -0.2) is 40.1 Å². The van der Waals surface area contributed by atoms with Crippen molar-refractivity contribution in [2.75, 3.05) is 33.4 Å². The van der Waals surface area contributed by atoms with Crippen molar-refractivity contribution >= 4 is 11.6 Å². The lowest BCUT2D eigenvalue weighted by atomic mass is 9.88. The molecule has 0 bridgehead atoms. The van der Waals surface area contributed by atoms with E-state index in [4.69, 9.17) is 32.8 Å². The number of fused-ring (bicyclic) bond motifs is 2. The van der Waals surface area contributed by atoms with E-state index in [1.54, 1.807) is 43.3 Å². The van der Waals surface area contributed by atoms with Gasteiger partial charge < -0.3 is 38.2 Å². The zero-order valence-corrected chi connectivity index (χ0v) is 19.5. The number of carbonyl (C=O) groups excluding carboxylic acids is 1. The van der Waals surface area contributed by atoms with Gasteiger partial charge in [0, 0.05) is 17.8 Å². The zero-order chi connectivity index (χ0) is 24.7. The molecule has 2 aromatic carbocycles. The first kappa shape index (κ1) is 22.5. The predicted octanol–water partition coefficient (Wildman–Crippen LogP) is 3.23. The Bertz CT molecular complexity index is 1340. The molecule has 2 atom stereocenters. The second-order valence-corrected chi connectivity index (χ2v) is 7.95. The van der Waals surface area contributed by atoms with Gasteiger partial charge in [-0.2, -0.15) is 0 Å². The van der Waals surface area contributed by atoms with Crippen molar-refractivity contribution in [2.45, 2.75) is 18.9 Å². The van der Waals surface area contributed by atoms with E-state index >= 15 is 0 Å². The van der Waals surface area contributed by atoms with Gasteiger partial charge in [0.1, 0.15) is 11.5 Å². The average molecular weight is 481 g/mol. The highest BCUT2D eigenvalue weighted by Gasteiger charge is 2.44. The van der Waals surface area contributed by atoms with Crippen LogP contribution in [0, 0.1) is 6.92 Å². The summed E-state index contributed by atoms with van der Waals surface area (Å²) in [6.07, 6.45) is -1.08. The van der Waals surface area contributed by atoms with Gasteiger partial charge in [-0.3, -0.25) is 4.79 Å². The fourth-order valence-corrected chi connectivity index (χ4v) is 4.34. The molecule has 2 aliphatic rings. The van der Waals surface area contributed by atoms with E-state index in [0.29, 0.717) is 45.8 Å². The molecule has 2 aliphatic heterocycles. The molecule has 10 nitrogen and oxygen atoms in total. The molecule has 0 saturated heterocycles. The van der Waals surface area contributed by atoms with Gasteiger partial charge in [0.25, 0.3) is 5.91 Å². The number of carbonyl (C=O) groups is 1. The van der Waals surface area contributed by atoms with Gasteiger partial charge in [-0.1, -0.05) is 0 Å². The first-order chi connectivity index (χ1) is 16.9. The first-order valence-corrected chi connectivity index (χ1v) is 10.7. The van der Waals surface area contributed by atoms with E-state index in [2.05, 4.69) is 5.32 Å². The van der Waals surface area contributed by atoms with Crippen LogP contribution in [0.4, 0.5) is 5.69 Å². The van der Waals surface area contributed by atoms with Crippen molar-refractivity contribution in [1.82, 2.24) is 0 Å². The van der Waals surface area contributed by atoms with Gasteiger partial charge >= 0.3 is 5.63 Å². The van der Waals surface area contributed by atoms with E-state index in [9.17, 15) is 9.59 Å². The third-order valence-electron chi connectivity index (χ3n) is 5.89. The number of rotatable bonds is 6. The Morgan fingerprint density at radius 3 is 2.34 bits per heavy atom. The molecule has 1 aromatic heterocycles. The minimum Gasteiger partial charge on any atom is -0.493 e. The fourth-order valence-electron chi connectivity index (χ4n) is 4.34. The van der Waals surface area contributed by atoms with Crippen LogP contribution in [-0.2, 0) is 4.79 Å². The van der Waals surface area contributed by atoms with Crippen LogP contribution >= 0.6 is 0 Å². The van der Waals surface area contributed by atoms with E-state index in [0.717, 1.165) is 0 Å². The second-order valence-electron chi connectivity index (χ2n) is 7.95. The minimum atomic E-state index is -1.08. The summed E-state index contributed by atoms with van der Waals surface area (Å²) in [5.41, 5.74) is 0.693. The summed E-state index contributed by atoms with van der Waals surface area (Å²) in [4.78, 5) is 26.4. The molecular formula is C25H23NO9. The van der Waals surface area contributed by atoms with Crippen LogP contribution < -0.4 is 39.4 Å². The number of methoxy groups -OCH3 is 3. The topological polar surface area (TPSA) is 115 Å². The number of ether oxygens (including phenoxy) is 6. The Kier molecular flexibility index (Phi) is 5.64. The van der Waals surface area contributed by atoms with Gasteiger partial charge in [-0.15, -0.1) is 0 Å². The third kappa shape index (κ3) is 3.86. The summed E-state index contributed by atoms with van der Waals surface area (Å²) in [6, 6.07) is 10.0. The molecule has 0 radical (unpaired) electrons. The summed E-state index contributed by atoms with van der Waals surface area (Å²) >= 11 is 0. The lowest BCUT2D eigenvalue weighted by Gasteiger charge is -2.21. The molecular weight excluding hydrogens is 458 g/mol. The Morgan fingerprint density at radius 1 is 0.943 bits per heavy atom. The summed E-state index contributed by atoms with van der Waals surface area (Å²) in [5, 5.41) is 2.84. The van der Waals surface area contributed by atoms with E-state index in [1.165, 1.54) is 21.3 Å². The van der Waals surface area contributed by atoms with Crippen molar-refractivity contribution in [2.24, 2.45) is 0 Å². The number of hydrogen-bond donors (Lipinski definition) is 1. The molecule has 0 fully saturated rings. The van der Waals surface area contributed by atoms with Crippen LogP contribution in [0.25, 0.3) is 0 Å². The lowest BCUT2D eigenvalue weighted by Crippen LogP contribution is -2.35. The maximum atomic E-state index is 13.5. The van der Waals surface area contributed by atoms with E-state index in [-0.39, 0.29) is 18.1 Å². The largest absolute Gasteiger partial charge is 0.493 e. The molecule has 0 spiro atoms. The number of nitrogens with one attached hydrogen (secondary N) is 1. The molecule has 10 heteroatoms. The molecule has 5 rings (SSSR count). The van der Waals surface area contributed by atoms with E-state index < -0.39 is 23.6 Å². The van der Waals surface area contributed by atoms with Gasteiger partial charge in [-0.25, -0.2) is 4.79 Å². The molecule has 1 N–H and O–H groups in total. The zero-order valence-electron chi connectivity index (χ0n) is 19.5. The van der Waals surface area contributed by atoms with E-state index in [1.807, 2.05) is 0 Å². The Balaban J connectivity index is 1.58. The van der Waals surface area contributed by atoms with Crippen molar-refractivity contribution in [3.8, 4) is 34.5 Å². The molecule has 1 amide bonds. The van der Waals surface area contributed by atoms with Gasteiger partial charge in [0.2, 0.25) is 12.5 Å². The number of amides is 1. The van der Waals surface area contributed by atoms with Crippen LogP contribution in [0.3, 0.4) is 0 Å². The first-order valence-electron chi connectivity index (χ1n) is 10.7. The van der Waals surface area contributed by atoms with Crippen molar-refractivity contribution in [3.05, 3.63) is 63.7 Å². The summed E-state index contributed by atoms with van der Waals surface area (Å²) < 4.78 is 38.4. The highest BCUT2D eigenvalue weighted by Crippen LogP contribution is 2.46. The van der Waals surface area contributed by atoms with Crippen molar-refractivity contribution in [3.63, 3.8) is 0 Å². The number of anilines is 1. The quantitative estimate of drug-likeness (QED) is 0.567. The van der Waals surface area contributed by atoms with Crippen LogP contribution in [0.5, 0.6) is 34.5 Å². The van der Waals surface area contributed by atoms with Crippen LogP contribution in [0.15, 0.2) is 45.6 Å². The van der Waals surface area contributed by atoms with Crippen LogP contribution in [0.1, 0.15) is 22.8 Å². The molecule has 3 aromatic rings. The number of aryl methyl sites for hydroxylation is 1. The third-order valence-corrected chi connectivity index (χ3v) is 5.89. The average Bonchev–Trinajstić information content (AvgIpc) is 3.47. The maximum Gasteiger partial charge on any atom is 0.343 e. The smallest absolute Gasteiger partial charge is 0.343 e. The van der Waals surface area contributed by atoms with Gasteiger partial charge in [0.05, 0.1) is 32.8 Å². The molecule has 0 saturated carbocycles. The molecule has 0 aliphatic carbocycles. The van der Waals surface area contributed by atoms with Crippen molar-refractivity contribution in [1.29, 1.82) is 0 Å². The highest BCUT2D eigenvalue weighted by atomic mass is 16.7. The molecule has 0 unspecified atom stereocenters. The molecule has 3 heterocycles. The minimum absolute atomic E-state index is 0.117. The summed E-state index contributed by atoms with van der Waals surface area (Å²) in [5.74, 6) is 1.64. The SMILES string of the molecule is COc1cc([C@@H]2c3c(cc(C)oc3=O)O[C@@H]2C(=O)Nc2ccc3c(c2)OCO3)cc(OC)c1OC. The van der Waals surface area contributed by atoms with Gasteiger partial charge in [0.15, 0.2) is 29.1 Å². The number of hydrogen-bond acceptors (Lipinski definition) is 9. The fraction of sp³-hybridized carbons (Fsp3) is 0.280. The summed E-state index contributed by atoms with van der Waals surface area (Å²) in [6.45, 7) is 1.76. The summed E-state index contributed by atoms with van der Waals surface area (Å²) in [7, 11) is 4.47. The molecule has 35 heavy (non-hydrogen) atoms. The molecule has 182 valence electrons. The lowest BCUT2D eigenvalue weighted by molar-refractivity contribution is -0.122. The monoisotopic (exact) mass is 481 g/mol. The predicted molar refractivity (Wildman–Crippen MR) is 123 cm³/mol. The highest BCUT2D eigenvalue weighted by molar-refractivity contribution is 5.96. The second kappa shape index (κ2) is 8.79. The Morgan fingerprint density at radius 2 is 1.66 bits per heavy atom. The van der Waals surface area contributed by atoms with Crippen LogP contribution in [0.2, 0.25) is 0 Å². The maximum absolute atomic E-state index is 13.5. The number of benzene rings is 2. The Labute approximate surface area is 200 Å². The van der Waals surface area contributed by atoms with Crippen molar-refractivity contribution < 1.29 is 37.6 Å². The van der Waals surface area contributed by atoms with Gasteiger partial charge in [-0.05, 0) is 36.8 Å². The Hall–Kier alpha value is -4.34.